The van der Waals surface area contributed by atoms with Crippen molar-refractivity contribution in [1.29, 1.82) is 0 Å². The molecule has 0 aliphatic carbocycles. The average molecular weight is 317 g/mol. The van der Waals surface area contributed by atoms with Gasteiger partial charge in [-0.15, -0.1) is 11.3 Å². The molecule has 0 unspecified atom stereocenters. The Kier molecular flexibility index (Phi) is 4.58. The van der Waals surface area contributed by atoms with Gasteiger partial charge in [-0.2, -0.15) is 0 Å². The predicted octanol–water partition coefficient (Wildman–Crippen LogP) is 3.50. The molecule has 1 aromatic carbocycles. The standard InChI is InChI=1S/C16H19N3O2S/c20-15(21)10-13-11-22-16(18-13)17-12-4-6-14(7-5-12)19-8-2-1-3-9-19/h4-7,11H,1-3,8-10H2,(H,17,18)(H,20,21). The second-order valence-electron chi connectivity index (χ2n) is 5.43. The smallest absolute Gasteiger partial charge is 0.309 e. The van der Waals surface area contributed by atoms with E-state index in [0.29, 0.717) is 5.69 Å². The Bertz CT molecular complexity index is 633. The zero-order valence-electron chi connectivity index (χ0n) is 12.3. The Hall–Kier alpha value is -2.08. The fourth-order valence-electron chi connectivity index (χ4n) is 2.63. The predicted molar refractivity (Wildman–Crippen MR) is 89.2 cm³/mol. The third-order valence-electron chi connectivity index (χ3n) is 3.72. The molecular formula is C16H19N3O2S. The van der Waals surface area contributed by atoms with E-state index in [1.807, 2.05) is 12.1 Å². The first-order valence-corrected chi connectivity index (χ1v) is 8.37. The minimum absolute atomic E-state index is 0.0356. The number of carbonyl (C=O) groups is 1. The molecule has 0 atom stereocenters. The largest absolute Gasteiger partial charge is 0.481 e. The van der Waals surface area contributed by atoms with Gasteiger partial charge in [0.1, 0.15) is 0 Å². The Morgan fingerprint density at radius 3 is 2.64 bits per heavy atom. The van der Waals surface area contributed by atoms with Crippen LogP contribution in [0.5, 0.6) is 0 Å². The maximum Gasteiger partial charge on any atom is 0.309 e. The van der Waals surface area contributed by atoms with Crippen molar-refractivity contribution in [3.8, 4) is 0 Å². The number of aromatic nitrogens is 1. The number of piperidine rings is 1. The number of hydrogen-bond donors (Lipinski definition) is 2. The summed E-state index contributed by atoms with van der Waals surface area (Å²) in [6.45, 7) is 2.27. The molecule has 1 fully saturated rings. The summed E-state index contributed by atoms with van der Waals surface area (Å²) in [5, 5.41) is 14.5. The lowest BCUT2D eigenvalue weighted by Gasteiger charge is -2.28. The van der Waals surface area contributed by atoms with Crippen molar-refractivity contribution in [1.82, 2.24) is 4.98 Å². The minimum Gasteiger partial charge on any atom is -0.481 e. The molecule has 1 aliphatic rings. The molecule has 5 nitrogen and oxygen atoms in total. The van der Waals surface area contributed by atoms with Crippen LogP contribution in [-0.2, 0) is 11.2 Å². The van der Waals surface area contributed by atoms with Crippen LogP contribution in [-0.4, -0.2) is 29.1 Å². The zero-order chi connectivity index (χ0) is 15.4. The Balaban J connectivity index is 1.63. The van der Waals surface area contributed by atoms with Crippen molar-refractivity contribution in [2.24, 2.45) is 0 Å². The lowest BCUT2D eigenvalue weighted by Crippen LogP contribution is -2.29. The van der Waals surface area contributed by atoms with Crippen LogP contribution in [0.25, 0.3) is 0 Å². The molecule has 2 heterocycles. The van der Waals surface area contributed by atoms with Crippen molar-refractivity contribution in [3.63, 3.8) is 0 Å². The summed E-state index contributed by atoms with van der Waals surface area (Å²) < 4.78 is 0. The lowest BCUT2D eigenvalue weighted by atomic mass is 10.1. The minimum atomic E-state index is -0.859. The highest BCUT2D eigenvalue weighted by molar-refractivity contribution is 7.13. The van der Waals surface area contributed by atoms with E-state index in [4.69, 9.17) is 5.11 Å². The molecule has 116 valence electrons. The third kappa shape index (κ3) is 3.76. The van der Waals surface area contributed by atoms with Gasteiger partial charge in [-0.3, -0.25) is 4.79 Å². The van der Waals surface area contributed by atoms with Crippen LogP contribution in [0.4, 0.5) is 16.5 Å². The van der Waals surface area contributed by atoms with Gasteiger partial charge in [-0.1, -0.05) is 0 Å². The molecule has 6 heteroatoms. The number of carboxylic acids is 1. The quantitative estimate of drug-likeness (QED) is 0.883. The van der Waals surface area contributed by atoms with Crippen LogP contribution < -0.4 is 10.2 Å². The molecule has 0 saturated carbocycles. The fraction of sp³-hybridized carbons (Fsp3) is 0.375. The molecule has 1 saturated heterocycles. The van der Waals surface area contributed by atoms with Crippen molar-refractivity contribution >= 4 is 33.8 Å². The van der Waals surface area contributed by atoms with E-state index >= 15 is 0 Å². The van der Waals surface area contributed by atoms with Crippen LogP contribution in [0.3, 0.4) is 0 Å². The summed E-state index contributed by atoms with van der Waals surface area (Å²) in [6, 6.07) is 8.34. The number of benzene rings is 1. The van der Waals surface area contributed by atoms with Gasteiger partial charge in [-0.05, 0) is 43.5 Å². The van der Waals surface area contributed by atoms with Gasteiger partial charge in [0.2, 0.25) is 0 Å². The van der Waals surface area contributed by atoms with Gasteiger partial charge in [-0.25, -0.2) is 4.98 Å². The highest BCUT2D eigenvalue weighted by Crippen LogP contribution is 2.25. The van der Waals surface area contributed by atoms with Crippen LogP contribution in [0.15, 0.2) is 29.6 Å². The molecule has 0 bridgehead atoms. The SMILES string of the molecule is O=C(O)Cc1csc(Nc2ccc(N3CCCCC3)cc2)n1. The van der Waals surface area contributed by atoms with E-state index in [0.717, 1.165) is 23.9 Å². The van der Waals surface area contributed by atoms with E-state index in [-0.39, 0.29) is 6.42 Å². The number of nitrogens with one attached hydrogen (secondary N) is 1. The molecular weight excluding hydrogens is 298 g/mol. The maximum atomic E-state index is 10.7. The first-order chi connectivity index (χ1) is 10.7. The van der Waals surface area contributed by atoms with Crippen LogP contribution in [0, 0.1) is 0 Å². The number of thiazole rings is 1. The maximum absolute atomic E-state index is 10.7. The Morgan fingerprint density at radius 1 is 1.23 bits per heavy atom. The highest BCUT2D eigenvalue weighted by Gasteiger charge is 2.11. The molecule has 1 aromatic heterocycles. The molecule has 0 amide bonds. The number of nitrogens with zero attached hydrogens (tertiary/aromatic N) is 2. The average Bonchev–Trinajstić information content (AvgIpc) is 2.95. The normalized spacial score (nSPS) is 14.8. The molecule has 1 aliphatic heterocycles. The van der Waals surface area contributed by atoms with Gasteiger partial charge in [0.05, 0.1) is 12.1 Å². The molecule has 0 radical (unpaired) electrons. The second kappa shape index (κ2) is 6.79. The van der Waals surface area contributed by atoms with Crippen LogP contribution in [0.2, 0.25) is 0 Å². The van der Waals surface area contributed by atoms with Gasteiger partial charge in [0.15, 0.2) is 5.13 Å². The van der Waals surface area contributed by atoms with Gasteiger partial charge < -0.3 is 15.3 Å². The van der Waals surface area contributed by atoms with E-state index in [1.165, 1.54) is 36.3 Å². The van der Waals surface area contributed by atoms with Crippen molar-refractivity contribution < 1.29 is 9.90 Å². The Morgan fingerprint density at radius 2 is 1.95 bits per heavy atom. The third-order valence-corrected chi connectivity index (χ3v) is 4.53. The van der Waals surface area contributed by atoms with Crippen molar-refractivity contribution in [2.45, 2.75) is 25.7 Å². The molecule has 22 heavy (non-hydrogen) atoms. The number of carboxylic acid groups (broad SMARTS) is 1. The monoisotopic (exact) mass is 317 g/mol. The first kappa shape index (κ1) is 14.8. The highest BCUT2D eigenvalue weighted by atomic mass is 32.1. The summed E-state index contributed by atoms with van der Waals surface area (Å²) in [5.74, 6) is -0.859. The van der Waals surface area contributed by atoms with Gasteiger partial charge in [0, 0.05) is 29.8 Å². The first-order valence-electron chi connectivity index (χ1n) is 7.49. The van der Waals surface area contributed by atoms with Crippen molar-refractivity contribution in [2.75, 3.05) is 23.3 Å². The van der Waals surface area contributed by atoms with E-state index < -0.39 is 5.97 Å². The number of anilines is 3. The number of rotatable bonds is 5. The zero-order valence-corrected chi connectivity index (χ0v) is 13.1. The number of aliphatic carboxylic acids is 1. The molecule has 2 aromatic rings. The van der Waals surface area contributed by atoms with Gasteiger partial charge >= 0.3 is 5.97 Å². The fourth-order valence-corrected chi connectivity index (χ4v) is 3.36. The van der Waals surface area contributed by atoms with E-state index in [2.05, 4.69) is 27.3 Å². The van der Waals surface area contributed by atoms with Crippen LogP contribution >= 0.6 is 11.3 Å². The molecule has 2 N–H and O–H groups in total. The summed E-state index contributed by atoms with van der Waals surface area (Å²) in [6.07, 6.45) is 3.84. The number of hydrogen-bond acceptors (Lipinski definition) is 5. The molecule has 0 spiro atoms. The second-order valence-corrected chi connectivity index (χ2v) is 6.29. The lowest BCUT2D eigenvalue weighted by molar-refractivity contribution is -0.136. The van der Waals surface area contributed by atoms with Gasteiger partial charge in [0.25, 0.3) is 0 Å². The van der Waals surface area contributed by atoms with E-state index in [9.17, 15) is 4.79 Å². The van der Waals surface area contributed by atoms with E-state index in [1.54, 1.807) is 5.38 Å². The topological polar surface area (TPSA) is 65.5 Å². The summed E-state index contributed by atoms with van der Waals surface area (Å²) in [7, 11) is 0. The Labute approximate surface area is 133 Å². The van der Waals surface area contributed by atoms with Crippen LogP contribution in [0.1, 0.15) is 25.0 Å². The summed E-state index contributed by atoms with van der Waals surface area (Å²) >= 11 is 1.42. The summed E-state index contributed by atoms with van der Waals surface area (Å²) in [4.78, 5) is 17.4. The molecule has 3 rings (SSSR count). The summed E-state index contributed by atoms with van der Waals surface area (Å²) in [5.41, 5.74) is 2.82. The van der Waals surface area contributed by atoms with Crippen molar-refractivity contribution in [3.05, 3.63) is 35.3 Å².